The number of aryl methyl sites for hydroxylation is 1. The normalized spacial score (nSPS) is 16.0. The second kappa shape index (κ2) is 10.7. The largest absolute Gasteiger partial charge is 0.494 e. The van der Waals surface area contributed by atoms with Crippen LogP contribution in [0.5, 0.6) is 17.5 Å². The molecule has 1 atom stereocenters. The molecule has 0 amide bonds. The molecule has 2 aromatic heterocycles. The summed E-state index contributed by atoms with van der Waals surface area (Å²) in [6.45, 7) is 6.44. The molecule has 0 aliphatic carbocycles. The number of hydrogen-bond acceptors (Lipinski definition) is 8. The van der Waals surface area contributed by atoms with Gasteiger partial charge in [0.15, 0.2) is 5.88 Å². The number of ether oxygens (including phenoxy) is 1. The summed E-state index contributed by atoms with van der Waals surface area (Å²) in [4.78, 5) is 8.93. The number of halogens is 1. The molecule has 1 fully saturated rings. The highest BCUT2D eigenvalue weighted by molar-refractivity contribution is 7.18. The highest BCUT2D eigenvalue weighted by atomic mass is 35.5. The topological polar surface area (TPSA) is 94.2 Å². The monoisotopic (exact) mass is 528 g/mol. The van der Waals surface area contributed by atoms with Crippen molar-refractivity contribution in [2.24, 2.45) is 0 Å². The van der Waals surface area contributed by atoms with Crippen LogP contribution in [-0.4, -0.2) is 80.1 Å². The highest BCUT2D eigenvalue weighted by Crippen LogP contribution is 2.33. The molecule has 3 N–H and O–H groups in total. The minimum absolute atomic E-state index is 0.0179. The van der Waals surface area contributed by atoms with Crippen LogP contribution < -0.4 is 4.74 Å². The molecule has 5 rings (SSSR count). The van der Waals surface area contributed by atoms with E-state index in [-0.39, 0.29) is 18.4 Å². The second-order valence-corrected chi connectivity index (χ2v) is 10.7. The van der Waals surface area contributed by atoms with Crippen LogP contribution in [0.3, 0.4) is 0 Å². The predicted octanol–water partition coefficient (Wildman–Crippen LogP) is 4.02. The fourth-order valence-corrected chi connectivity index (χ4v) is 5.46. The minimum atomic E-state index is -0.598. The van der Waals surface area contributed by atoms with Gasteiger partial charge in [-0.2, -0.15) is 0 Å². The van der Waals surface area contributed by atoms with Crippen LogP contribution in [0, 0.1) is 6.92 Å². The number of nitrogens with zero attached hydrogens (tertiary/aromatic N) is 4. The number of hydrogen-bond donors (Lipinski definition) is 3. The van der Waals surface area contributed by atoms with E-state index in [1.54, 1.807) is 41.7 Å². The summed E-state index contributed by atoms with van der Waals surface area (Å²) in [5, 5.41) is 33.2. The molecule has 1 aliphatic rings. The van der Waals surface area contributed by atoms with Crippen LogP contribution in [0.25, 0.3) is 15.9 Å². The van der Waals surface area contributed by atoms with Gasteiger partial charge >= 0.3 is 0 Å². The average molecular weight is 529 g/mol. The van der Waals surface area contributed by atoms with Gasteiger partial charge in [-0.3, -0.25) is 14.4 Å². The van der Waals surface area contributed by atoms with Crippen LogP contribution in [-0.2, 0) is 6.54 Å². The van der Waals surface area contributed by atoms with Gasteiger partial charge in [-0.25, -0.2) is 4.98 Å². The average Bonchev–Trinajstić information content (AvgIpc) is 3.36. The van der Waals surface area contributed by atoms with Crippen LogP contribution in [0.15, 0.2) is 48.5 Å². The zero-order chi connectivity index (χ0) is 25.2. The standard InChI is InChI=1S/C26H29ClN4O4S/c1-17-28-23-13-22(6-7-24(23)36-17)35-16-21(32)15-30-10-8-29(9-11-30)14-18-12-25(33)31(26(18)34)20-4-2-19(27)3-5-20/h2-7,12-13,21,32-34H,8-11,14-16H2,1H3. The molecule has 0 saturated carbocycles. The first kappa shape index (κ1) is 24.9. The van der Waals surface area contributed by atoms with E-state index in [1.165, 1.54) is 4.57 Å². The maximum absolute atomic E-state index is 10.7. The molecule has 0 spiro atoms. The number of aromatic nitrogens is 2. The Balaban J connectivity index is 1.10. The van der Waals surface area contributed by atoms with Crippen molar-refractivity contribution >= 4 is 33.2 Å². The van der Waals surface area contributed by atoms with E-state index in [1.807, 2.05) is 25.1 Å². The summed E-state index contributed by atoms with van der Waals surface area (Å²) >= 11 is 7.60. The van der Waals surface area contributed by atoms with Crippen molar-refractivity contribution in [3.05, 3.63) is 64.1 Å². The third kappa shape index (κ3) is 5.61. The van der Waals surface area contributed by atoms with E-state index in [2.05, 4.69) is 14.8 Å². The fraction of sp³-hybridized carbons (Fsp3) is 0.346. The number of β-amino-alcohol motifs (C(OH)–C–C–N with tert-alkyl or cyclic N) is 1. The van der Waals surface area contributed by atoms with Crippen LogP contribution in [0.1, 0.15) is 10.6 Å². The first-order valence-electron chi connectivity index (χ1n) is 11.9. The molecule has 36 heavy (non-hydrogen) atoms. The lowest BCUT2D eigenvalue weighted by Gasteiger charge is -2.35. The van der Waals surface area contributed by atoms with Crippen LogP contribution in [0.4, 0.5) is 0 Å². The third-order valence-corrected chi connectivity index (χ3v) is 7.56. The summed E-state index contributed by atoms with van der Waals surface area (Å²) in [5.74, 6) is 0.719. The molecule has 10 heteroatoms. The van der Waals surface area contributed by atoms with Crippen molar-refractivity contribution < 1.29 is 20.1 Å². The maximum Gasteiger partial charge on any atom is 0.203 e. The Labute approximate surface area is 218 Å². The SMILES string of the molecule is Cc1nc2cc(OCC(O)CN3CCN(Cc4cc(O)n(-c5ccc(Cl)cc5)c4O)CC3)ccc2s1. The molecular weight excluding hydrogens is 500 g/mol. The molecule has 2 aromatic carbocycles. The lowest BCUT2D eigenvalue weighted by Crippen LogP contribution is -2.48. The van der Waals surface area contributed by atoms with Crippen molar-refractivity contribution in [1.82, 2.24) is 19.4 Å². The van der Waals surface area contributed by atoms with Gasteiger partial charge in [0.1, 0.15) is 18.5 Å². The molecule has 0 bridgehead atoms. The number of fused-ring (bicyclic) bond motifs is 1. The number of aliphatic hydroxyl groups is 1. The minimum Gasteiger partial charge on any atom is -0.494 e. The molecule has 3 heterocycles. The third-order valence-electron chi connectivity index (χ3n) is 6.35. The summed E-state index contributed by atoms with van der Waals surface area (Å²) in [6.07, 6.45) is -0.598. The number of thiazole rings is 1. The lowest BCUT2D eigenvalue weighted by molar-refractivity contribution is 0.0445. The van der Waals surface area contributed by atoms with Gasteiger partial charge in [-0.15, -0.1) is 11.3 Å². The summed E-state index contributed by atoms with van der Waals surface area (Å²) < 4.78 is 8.35. The fourth-order valence-electron chi connectivity index (χ4n) is 4.52. The van der Waals surface area contributed by atoms with Gasteiger partial charge in [0.25, 0.3) is 0 Å². The number of piperazine rings is 1. The summed E-state index contributed by atoms with van der Waals surface area (Å²) in [6, 6.07) is 14.4. The van der Waals surface area contributed by atoms with E-state index in [4.69, 9.17) is 16.3 Å². The van der Waals surface area contributed by atoms with Crippen molar-refractivity contribution in [3.8, 4) is 23.2 Å². The van der Waals surface area contributed by atoms with Crippen LogP contribution >= 0.6 is 22.9 Å². The first-order chi connectivity index (χ1) is 17.4. The molecule has 1 aliphatic heterocycles. The Morgan fingerprint density at radius 2 is 1.75 bits per heavy atom. The number of aliphatic hydroxyl groups excluding tert-OH is 1. The van der Waals surface area contributed by atoms with E-state index in [0.717, 1.165) is 41.4 Å². The number of benzene rings is 2. The second-order valence-electron chi connectivity index (χ2n) is 9.07. The van der Waals surface area contributed by atoms with Gasteiger partial charge in [-0.05, 0) is 43.3 Å². The van der Waals surface area contributed by atoms with Gasteiger partial charge in [0.05, 0.1) is 20.9 Å². The van der Waals surface area contributed by atoms with Crippen molar-refractivity contribution in [2.45, 2.75) is 19.6 Å². The molecule has 4 aromatic rings. The summed E-state index contributed by atoms with van der Waals surface area (Å²) in [5.41, 5.74) is 2.23. The van der Waals surface area contributed by atoms with Gasteiger partial charge in [0, 0.05) is 62.0 Å². The Bertz CT molecular complexity index is 1330. The molecule has 8 nitrogen and oxygen atoms in total. The van der Waals surface area contributed by atoms with Crippen molar-refractivity contribution in [3.63, 3.8) is 0 Å². The smallest absolute Gasteiger partial charge is 0.203 e. The number of aromatic hydroxyl groups is 2. The first-order valence-corrected chi connectivity index (χ1v) is 13.1. The van der Waals surface area contributed by atoms with E-state index < -0.39 is 6.10 Å². The molecule has 1 saturated heterocycles. The zero-order valence-corrected chi connectivity index (χ0v) is 21.5. The Kier molecular flexibility index (Phi) is 7.36. The maximum atomic E-state index is 10.7. The molecule has 190 valence electrons. The van der Waals surface area contributed by atoms with Gasteiger partial charge < -0.3 is 20.1 Å². The van der Waals surface area contributed by atoms with Crippen molar-refractivity contribution in [2.75, 3.05) is 39.3 Å². The summed E-state index contributed by atoms with van der Waals surface area (Å²) in [7, 11) is 0. The number of rotatable bonds is 8. The van der Waals surface area contributed by atoms with Crippen molar-refractivity contribution in [1.29, 1.82) is 0 Å². The molecule has 0 radical (unpaired) electrons. The predicted molar refractivity (Wildman–Crippen MR) is 142 cm³/mol. The van der Waals surface area contributed by atoms with E-state index >= 15 is 0 Å². The molecule has 1 unspecified atom stereocenters. The Morgan fingerprint density at radius 3 is 2.50 bits per heavy atom. The zero-order valence-electron chi connectivity index (χ0n) is 20.0. The van der Waals surface area contributed by atoms with E-state index in [9.17, 15) is 15.3 Å². The van der Waals surface area contributed by atoms with Crippen LogP contribution in [0.2, 0.25) is 5.02 Å². The Hall–Kier alpha value is -2.82. The quantitative estimate of drug-likeness (QED) is 0.318. The molecular formula is C26H29ClN4O4S. The Morgan fingerprint density at radius 1 is 1.03 bits per heavy atom. The van der Waals surface area contributed by atoms with Gasteiger partial charge in [-0.1, -0.05) is 11.6 Å². The van der Waals surface area contributed by atoms with E-state index in [0.29, 0.717) is 35.1 Å². The lowest BCUT2D eigenvalue weighted by atomic mass is 10.2. The van der Waals surface area contributed by atoms with Gasteiger partial charge in [0.2, 0.25) is 5.88 Å². The highest BCUT2D eigenvalue weighted by Gasteiger charge is 2.23.